The molecule has 2 atom stereocenters. The molecule has 6 heteroatoms. The van der Waals surface area contributed by atoms with Gasteiger partial charge in [0.15, 0.2) is 11.5 Å². The van der Waals surface area contributed by atoms with E-state index in [1.807, 2.05) is 0 Å². The fourth-order valence-electron chi connectivity index (χ4n) is 3.36. The maximum absolute atomic E-state index is 6.14. The van der Waals surface area contributed by atoms with E-state index in [1.165, 1.54) is 11.1 Å². The molecule has 3 rings (SSSR count). The lowest BCUT2D eigenvalue weighted by Gasteiger charge is -2.42. The van der Waals surface area contributed by atoms with Gasteiger partial charge < -0.3 is 15.2 Å². The number of methoxy groups -OCH3 is 2. The molecule has 120 valence electrons. The molecule has 1 saturated heterocycles. The van der Waals surface area contributed by atoms with Crippen molar-refractivity contribution >= 4 is 24.8 Å². The van der Waals surface area contributed by atoms with Crippen molar-refractivity contribution in [1.82, 2.24) is 4.90 Å². The van der Waals surface area contributed by atoms with Crippen LogP contribution in [0.4, 0.5) is 0 Å². The van der Waals surface area contributed by atoms with E-state index >= 15 is 0 Å². The molecule has 21 heavy (non-hydrogen) atoms. The van der Waals surface area contributed by atoms with Gasteiger partial charge in [-0.25, -0.2) is 0 Å². The second-order valence-corrected chi connectivity index (χ2v) is 5.49. The Morgan fingerprint density at radius 3 is 2.43 bits per heavy atom. The number of fused-ring (bicyclic) bond motifs is 3. The van der Waals surface area contributed by atoms with Crippen LogP contribution in [0.2, 0.25) is 0 Å². The molecule has 1 aromatic rings. The summed E-state index contributed by atoms with van der Waals surface area (Å²) in [5.41, 5.74) is 8.90. The third kappa shape index (κ3) is 3.39. The van der Waals surface area contributed by atoms with Crippen LogP contribution in [0.1, 0.15) is 30.0 Å². The number of piperidine rings is 1. The van der Waals surface area contributed by atoms with Crippen molar-refractivity contribution in [3.05, 3.63) is 23.3 Å². The van der Waals surface area contributed by atoms with Crippen molar-refractivity contribution in [2.75, 3.05) is 27.3 Å². The van der Waals surface area contributed by atoms with Gasteiger partial charge in [0.05, 0.1) is 14.2 Å². The van der Waals surface area contributed by atoms with E-state index in [9.17, 15) is 0 Å². The second kappa shape index (κ2) is 7.54. The van der Waals surface area contributed by atoms with E-state index in [4.69, 9.17) is 15.2 Å². The molecular weight excluding hydrogens is 311 g/mol. The van der Waals surface area contributed by atoms with E-state index in [2.05, 4.69) is 17.0 Å². The standard InChI is InChI=1S/C15H22N2O2.2ClH/c1-18-14-7-10-3-5-17-6-4-11(16)8-13(17)12(10)9-15(14)19-2;;/h7,9,11,13H,3-6,8,16H2,1-2H3;2*1H/t11-,13+;;/m0../s1. The zero-order valence-corrected chi connectivity index (χ0v) is 14.1. The molecule has 2 aliphatic heterocycles. The van der Waals surface area contributed by atoms with Crippen molar-refractivity contribution < 1.29 is 9.47 Å². The second-order valence-electron chi connectivity index (χ2n) is 5.49. The first kappa shape index (κ1) is 18.4. The van der Waals surface area contributed by atoms with Crippen LogP contribution in [0, 0.1) is 0 Å². The summed E-state index contributed by atoms with van der Waals surface area (Å²) in [6.45, 7) is 2.24. The molecule has 0 bridgehead atoms. The number of rotatable bonds is 2. The predicted octanol–water partition coefficient (Wildman–Crippen LogP) is 2.57. The molecule has 0 radical (unpaired) electrons. The molecule has 0 spiro atoms. The van der Waals surface area contributed by atoms with Gasteiger partial charge >= 0.3 is 0 Å². The third-order valence-corrected chi connectivity index (χ3v) is 4.43. The van der Waals surface area contributed by atoms with Gasteiger partial charge in [0.2, 0.25) is 0 Å². The summed E-state index contributed by atoms with van der Waals surface area (Å²) in [5, 5.41) is 0. The van der Waals surface area contributed by atoms with E-state index in [0.29, 0.717) is 12.1 Å². The van der Waals surface area contributed by atoms with Crippen molar-refractivity contribution in [2.24, 2.45) is 5.73 Å². The number of benzene rings is 1. The molecule has 1 aromatic carbocycles. The largest absolute Gasteiger partial charge is 0.493 e. The maximum Gasteiger partial charge on any atom is 0.161 e. The van der Waals surface area contributed by atoms with Gasteiger partial charge in [-0.2, -0.15) is 0 Å². The molecule has 0 unspecified atom stereocenters. The van der Waals surface area contributed by atoms with Gasteiger partial charge in [0.1, 0.15) is 0 Å². The fourth-order valence-corrected chi connectivity index (χ4v) is 3.36. The molecule has 0 aliphatic carbocycles. The van der Waals surface area contributed by atoms with Crippen LogP contribution in [0.15, 0.2) is 12.1 Å². The first-order chi connectivity index (χ1) is 9.22. The number of hydrogen-bond donors (Lipinski definition) is 1. The highest BCUT2D eigenvalue weighted by Crippen LogP contribution is 2.41. The number of nitrogens with two attached hydrogens (primary N) is 1. The summed E-state index contributed by atoms with van der Waals surface area (Å²) in [5.74, 6) is 1.65. The van der Waals surface area contributed by atoms with Crippen LogP contribution in [-0.2, 0) is 6.42 Å². The number of nitrogens with zero attached hydrogens (tertiary/aromatic N) is 1. The first-order valence-corrected chi connectivity index (χ1v) is 6.97. The van der Waals surface area contributed by atoms with Crippen molar-refractivity contribution in [2.45, 2.75) is 31.3 Å². The normalized spacial score (nSPS) is 24.0. The van der Waals surface area contributed by atoms with E-state index in [-0.39, 0.29) is 24.8 Å². The van der Waals surface area contributed by atoms with Gasteiger partial charge in [-0.1, -0.05) is 0 Å². The van der Waals surface area contributed by atoms with Gasteiger partial charge in [0.25, 0.3) is 0 Å². The third-order valence-electron chi connectivity index (χ3n) is 4.43. The predicted molar refractivity (Wildman–Crippen MR) is 89.3 cm³/mol. The highest BCUT2D eigenvalue weighted by molar-refractivity contribution is 5.85. The molecule has 2 heterocycles. The maximum atomic E-state index is 6.14. The van der Waals surface area contributed by atoms with Gasteiger partial charge in [-0.05, 0) is 42.5 Å². The number of halogens is 2. The Morgan fingerprint density at radius 2 is 1.76 bits per heavy atom. The van der Waals surface area contributed by atoms with Crippen molar-refractivity contribution in [3.8, 4) is 11.5 Å². The molecule has 0 aromatic heterocycles. The molecule has 1 fully saturated rings. The summed E-state index contributed by atoms with van der Waals surface area (Å²) in [7, 11) is 3.38. The van der Waals surface area contributed by atoms with Crippen LogP contribution in [0.3, 0.4) is 0 Å². The Morgan fingerprint density at radius 1 is 1.10 bits per heavy atom. The Kier molecular flexibility index (Phi) is 6.60. The summed E-state index contributed by atoms with van der Waals surface area (Å²) in [6, 6.07) is 5.04. The lowest BCUT2D eigenvalue weighted by Crippen LogP contribution is -2.45. The van der Waals surface area contributed by atoms with E-state index in [1.54, 1.807) is 14.2 Å². The van der Waals surface area contributed by atoms with Crippen LogP contribution in [0.5, 0.6) is 11.5 Å². The Labute approximate surface area is 138 Å². The van der Waals surface area contributed by atoms with Crippen LogP contribution in [0.25, 0.3) is 0 Å². The molecule has 4 nitrogen and oxygen atoms in total. The van der Waals surface area contributed by atoms with Crippen LogP contribution >= 0.6 is 24.8 Å². The Balaban J connectivity index is 0.00000110. The minimum atomic E-state index is 0. The molecule has 2 aliphatic rings. The molecule has 0 amide bonds. The van der Waals surface area contributed by atoms with Gasteiger partial charge in [0, 0.05) is 25.2 Å². The fraction of sp³-hybridized carbons (Fsp3) is 0.600. The molecule has 2 N–H and O–H groups in total. The van der Waals surface area contributed by atoms with Gasteiger partial charge in [-0.15, -0.1) is 24.8 Å². The lowest BCUT2D eigenvalue weighted by atomic mass is 9.85. The topological polar surface area (TPSA) is 47.7 Å². The highest BCUT2D eigenvalue weighted by Gasteiger charge is 2.33. The number of hydrogen-bond acceptors (Lipinski definition) is 4. The monoisotopic (exact) mass is 334 g/mol. The summed E-state index contributed by atoms with van der Waals surface area (Å²) >= 11 is 0. The Hall–Kier alpha value is -0.680. The SMILES string of the molecule is COc1cc2c(cc1OC)[C@H]1C[C@@H](N)CCN1CC2.Cl.Cl. The minimum absolute atomic E-state index is 0. The van der Waals surface area contributed by atoms with Crippen molar-refractivity contribution in [1.29, 1.82) is 0 Å². The zero-order chi connectivity index (χ0) is 13.4. The number of ether oxygens (including phenoxy) is 2. The minimum Gasteiger partial charge on any atom is -0.493 e. The quantitative estimate of drug-likeness (QED) is 0.902. The van der Waals surface area contributed by atoms with Gasteiger partial charge in [-0.3, -0.25) is 4.90 Å². The van der Waals surface area contributed by atoms with E-state index < -0.39 is 0 Å². The summed E-state index contributed by atoms with van der Waals surface area (Å²) in [4.78, 5) is 2.55. The molecule has 0 saturated carbocycles. The smallest absolute Gasteiger partial charge is 0.161 e. The van der Waals surface area contributed by atoms with Crippen molar-refractivity contribution in [3.63, 3.8) is 0 Å². The summed E-state index contributed by atoms with van der Waals surface area (Å²) in [6.07, 6.45) is 3.24. The van der Waals surface area contributed by atoms with E-state index in [0.717, 1.165) is 43.9 Å². The molecular formula is C15H24Cl2N2O2. The average Bonchev–Trinajstić information content (AvgIpc) is 2.45. The lowest BCUT2D eigenvalue weighted by molar-refractivity contribution is 0.126. The zero-order valence-electron chi connectivity index (χ0n) is 12.5. The summed E-state index contributed by atoms with van der Waals surface area (Å²) < 4.78 is 10.8. The first-order valence-electron chi connectivity index (χ1n) is 6.97. The highest BCUT2D eigenvalue weighted by atomic mass is 35.5. The Bertz CT molecular complexity index is 485. The average molecular weight is 335 g/mol. The van der Waals surface area contributed by atoms with Crippen LogP contribution in [-0.4, -0.2) is 38.3 Å². The van der Waals surface area contributed by atoms with Crippen LogP contribution < -0.4 is 15.2 Å².